The van der Waals surface area contributed by atoms with E-state index in [1.54, 1.807) is 24.3 Å². The molecule has 0 aliphatic carbocycles. The van der Waals surface area contributed by atoms with Crippen molar-refractivity contribution in [2.45, 2.75) is 30.6 Å². The van der Waals surface area contributed by atoms with Gasteiger partial charge in [0.25, 0.3) is 10.0 Å². The van der Waals surface area contributed by atoms with Crippen LogP contribution in [0.2, 0.25) is 0 Å². The first-order valence-corrected chi connectivity index (χ1v) is 9.57. The molecule has 3 rings (SSSR count). The summed E-state index contributed by atoms with van der Waals surface area (Å²) in [5, 5.41) is 0. The third kappa shape index (κ3) is 3.85. The van der Waals surface area contributed by atoms with Gasteiger partial charge >= 0.3 is 0 Å². The second-order valence-electron chi connectivity index (χ2n) is 5.84. The topological polar surface area (TPSA) is 49.4 Å². The van der Waals surface area contributed by atoms with Gasteiger partial charge in [-0.3, -0.25) is 4.72 Å². The van der Waals surface area contributed by atoms with E-state index in [0.717, 1.165) is 31.6 Å². The van der Waals surface area contributed by atoms with Crippen molar-refractivity contribution in [3.63, 3.8) is 0 Å². The zero-order chi connectivity index (χ0) is 16.1. The van der Waals surface area contributed by atoms with Gasteiger partial charge in [-0.15, -0.1) is 0 Å². The molecule has 1 aliphatic heterocycles. The molecule has 1 heterocycles. The van der Waals surface area contributed by atoms with E-state index in [0.29, 0.717) is 5.69 Å². The van der Waals surface area contributed by atoms with Gasteiger partial charge in [-0.1, -0.05) is 43.2 Å². The Morgan fingerprint density at radius 1 is 0.783 bits per heavy atom. The molecule has 5 heteroatoms. The first-order chi connectivity index (χ1) is 11.2. The summed E-state index contributed by atoms with van der Waals surface area (Å²) in [5.74, 6) is 0. The van der Waals surface area contributed by atoms with Crippen LogP contribution >= 0.6 is 0 Å². The summed E-state index contributed by atoms with van der Waals surface area (Å²) in [5.41, 5.74) is 1.62. The van der Waals surface area contributed by atoms with E-state index in [9.17, 15) is 8.42 Å². The number of hydrogen-bond acceptors (Lipinski definition) is 3. The molecule has 2 aromatic rings. The lowest BCUT2D eigenvalue weighted by Gasteiger charge is -2.25. The molecule has 1 fully saturated rings. The van der Waals surface area contributed by atoms with Gasteiger partial charge in [0.1, 0.15) is 0 Å². The molecule has 1 saturated heterocycles. The highest BCUT2D eigenvalue weighted by Crippen LogP contribution is 2.29. The minimum absolute atomic E-state index is 0.283. The van der Waals surface area contributed by atoms with Crippen LogP contribution in [-0.4, -0.2) is 21.5 Å². The number of anilines is 2. The van der Waals surface area contributed by atoms with Crippen LogP contribution < -0.4 is 9.62 Å². The summed E-state index contributed by atoms with van der Waals surface area (Å²) < 4.78 is 27.9. The van der Waals surface area contributed by atoms with E-state index in [4.69, 9.17) is 0 Å². The van der Waals surface area contributed by atoms with Crippen LogP contribution in [0.25, 0.3) is 0 Å². The van der Waals surface area contributed by atoms with Gasteiger partial charge in [0.05, 0.1) is 16.3 Å². The van der Waals surface area contributed by atoms with Gasteiger partial charge in [-0.25, -0.2) is 8.42 Å². The molecule has 0 saturated carbocycles. The monoisotopic (exact) mass is 330 g/mol. The average molecular weight is 330 g/mol. The van der Waals surface area contributed by atoms with Gasteiger partial charge in [0.2, 0.25) is 0 Å². The van der Waals surface area contributed by atoms with Crippen molar-refractivity contribution in [3.05, 3.63) is 54.6 Å². The SMILES string of the molecule is O=S(=O)(Nc1ccccc1N1CCCCCC1)c1ccccc1. The van der Waals surface area contributed by atoms with E-state index < -0.39 is 10.0 Å². The molecule has 0 unspecified atom stereocenters. The molecule has 23 heavy (non-hydrogen) atoms. The molecule has 1 aliphatic rings. The number of para-hydroxylation sites is 2. The Bertz CT molecular complexity index is 737. The quantitative estimate of drug-likeness (QED) is 0.926. The van der Waals surface area contributed by atoms with Crippen molar-refractivity contribution in [1.29, 1.82) is 0 Å². The van der Waals surface area contributed by atoms with Crippen LogP contribution in [0.1, 0.15) is 25.7 Å². The lowest BCUT2D eigenvalue weighted by atomic mass is 10.2. The van der Waals surface area contributed by atoms with E-state index in [2.05, 4.69) is 9.62 Å². The van der Waals surface area contributed by atoms with Gasteiger partial charge in [0, 0.05) is 13.1 Å². The lowest BCUT2D eigenvalue weighted by Crippen LogP contribution is -2.25. The maximum Gasteiger partial charge on any atom is 0.261 e. The fraction of sp³-hybridized carbons (Fsp3) is 0.333. The largest absolute Gasteiger partial charge is 0.370 e. The minimum atomic E-state index is -3.56. The summed E-state index contributed by atoms with van der Waals surface area (Å²) in [6.07, 6.45) is 4.79. The minimum Gasteiger partial charge on any atom is -0.370 e. The molecular formula is C18H22N2O2S. The van der Waals surface area contributed by atoms with Gasteiger partial charge in [-0.2, -0.15) is 0 Å². The number of benzene rings is 2. The highest BCUT2D eigenvalue weighted by molar-refractivity contribution is 7.92. The number of nitrogens with zero attached hydrogens (tertiary/aromatic N) is 1. The van der Waals surface area contributed by atoms with Crippen molar-refractivity contribution in [1.82, 2.24) is 0 Å². The van der Waals surface area contributed by atoms with Crippen LogP contribution in [0.5, 0.6) is 0 Å². The Labute approximate surface area is 138 Å². The predicted octanol–water partition coefficient (Wildman–Crippen LogP) is 3.87. The van der Waals surface area contributed by atoms with Crippen molar-refractivity contribution in [2.24, 2.45) is 0 Å². The molecule has 0 bridgehead atoms. The Hall–Kier alpha value is -2.01. The second-order valence-corrected chi connectivity index (χ2v) is 7.52. The van der Waals surface area contributed by atoms with Crippen LogP contribution in [-0.2, 0) is 10.0 Å². The first kappa shape index (κ1) is 15.9. The zero-order valence-electron chi connectivity index (χ0n) is 13.1. The van der Waals surface area contributed by atoms with Crippen molar-refractivity contribution in [2.75, 3.05) is 22.7 Å². The fourth-order valence-electron chi connectivity index (χ4n) is 2.95. The molecular weight excluding hydrogens is 308 g/mol. The summed E-state index contributed by atoms with van der Waals surface area (Å²) in [4.78, 5) is 2.57. The first-order valence-electron chi connectivity index (χ1n) is 8.09. The number of hydrogen-bond donors (Lipinski definition) is 1. The van der Waals surface area contributed by atoms with Gasteiger partial charge in [-0.05, 0) is 37.1 Å². The van der Waals surface area contributed by atoms with Crippen molar-refractivity contribution in [3.8, 4) is 0 Å². The summed E-state index contributed by atoms with van der Waals surface area (Å²) in [7, 11) is -3.56. The average Bonchev–Trinajstić information content (AvgIpc) is 2.85. The van der Waals surface area contributed by atoms with Crippen LogP contribution in [0.4, 0.5) is 11.4 Å². The number of rotatable bonds is 4. The molecule has 0 amide bonds. The predicted molar refractivity (Wildman–Crippen MR) is 94.4 cm³/mol. The van der Waals surface area contributed by atoms with Crippen LogP contribution in [0, 0.1) is 0 Å². The Balaban J connectivity index is 1.89. The standard InChI is InChI=1S/C18H22N2O2S/c21-23(22,16-10-4-3-5-11-16)19-17-12-6-7-13-18(17)20-14-8-1-2-9-15-20/h3-7,10-13,19H,1-2,8-9,14-15H2. The second kappa shape index (κ2) is 7.04. The number of sulfonamides is 1. The molecule has 0 atom stereocenters. The number of nitrogens with one attached hydrogen (secondary N) is 1. The maximum atomic E-state index is 12.6. The third-order valence-corrected chi connectivity index (χ3v) is 5.53. The Kier molecular flexibility index (Phi) is 4.86. The molecule has 122 valence electrons. The van der Waals surface area contributed by atoms with Gasteiger partial charge in [0.15, 0.2) is 0 Å². The fourth-order valence-corrected chi connectivity index (χ4v) is 4.05. The molecule has 0 radical (unpaired) electrons. The Morgan fingerprint density at radius 2 is 1.39 bits per heavy atom. The van der Waals surface area contributed by atoms with E-state index in [1.165, 1.54) is 12.8 Å². The zero-order valence-corrected chi connectivity index (χ0v) is 13.9. The van der Waals surface area contributed by atoms with E-state index in [-0.39, 0.29) is 4.90 Å². The molecule has 2 aromatic carbocycles. The Morgan fingerprint density at radius 3 is 2.09 bits per heavy atom. The van der Waals surface area contributed by atoms with Crippen LogP contribution in [0.15, 0.2) is 59.5 Å². The van der Waals surface area contributed by atoms with Crippen molar-refractivity contribution >= 4 is 21.4 Å². The molecule has 4 nitrogen and oxygen atoms in total. The molecule has 0 spiro atoms. The lowest BCUT2D eigenvalue weighted by molar-refractivity contribution is 0.601. The van der Waals surface area contributed by atoms with Crippen LogP contribution in [0.3, 0.4) is 0 Å². The molecule has 0 aromatic heterocycles. The van der Waals surface area contributed by atoms with Crippen molar-refractivity contribution < 1.29 is 8.42 Å². The summed E-state index contributed by atoms with van der Waals surface area (Å²) in [6.45, 7) is 1.95. The van der Waals surface area contributed by atoms with E-state index in [1.807, 2.05) is 30.3 Å². The normalized spacial score (nSPS) is 15.9. The summed E-state index contributed by atoms with van der Waals surface area (Å²) in [6, 6.07) is 16.1. The highest BCUT2D eigenvalue weighted by atomic mass is 32.2. The third-order valence-electron chi connectivity index (χ3n) is 4.15. The maximum absolute atomic E-state index is 12.6. The summed E-state index contributed by atoms with van der Waals surface area (Å²) >= 11 is 0. The highest BCUT2D eigenvalue weighted by Gasteiger charge is 2.18. The molecule has 1 N–H and O–H groups in total. The van der Waals surface area contributed by atoms with Gasteiger partial charge < -0.3 is 4.90 Å². The van der Waals surface area contributed by atoms with E-state index >= 15 is 0 Å². The smallest absolute Gasteiger partial charge is 0.261 e.